The van der Waals surface area contributed by atoms with Crippen LogP contribution >= 0.6 is 0 Å². The Morgan fingerprint density at radius 2 is 1.58 bits per heavy atom. The maximum absolute atomic E-state index is 11.9. The van der Waals surface area contributed by atoms with Gasteiger partial charge >= 0.3 is 0 Å². The van der Waals surface area contributed by atoms with Gasteiger partial charge in [-0.3, -0.25) is 4.79 Å². The Bertz CT molecular complexity index is 294. The molecule has 0 aromatic rings. The molecule has 0 saturated carbocycles. The molecule has 5 atom stereocenters. The van der Waals surface area contributed by atoms with Gasteiger partial charge in [0.15, 0.2) is 0 Å². The van der Waals surface area contributed by atoms with Crippen molar-refractivity contribution < 1.29 is 30.0 Å². The van der Waals surface area contributed by atoms with Gasteiger partial charge in [0, 0.05) is 13.1 Å². The third-order valence-corrected chi connectivity index (χ3v) is 3.48. The predicted molar refractivity (Wildman–Crippen MR) is 66.3 cm³/mol. The van der Waals surface area contributed by atoms with Gasteiger partial charge in [-0.1, -0.05) is 0 Å². The van der Waals surface area contributed by atoms with Crippen molar-refractivity contribution in [2.45, 2.75) is 50.8 Å². The largest absolute Gasteiger partial charge is 0.394 e. The number of aliphatic hydroxyl groups excluding tert-OH is 4. The lowest BCUT2D eigenvalue weighted by atomic mass is 9.93. The molecule has 4 N–H and O–H groups in total. The van der Waals surface area contributed by atoms with E-state index in [1.165, 1.54) is 0 Å². The molecule has 1 aliphatic heterocycles. The molecular formula is C12H23NO6. The maximum atomic E-state index is 11.9. The van der Waals surface area contributed by atoms with E-state index in [1.54, 1.807) is 4.90 Å². The third-order valence-electron chi connectivity index (χ3n) is 3.48. The summed E-state index contributed by atoms with van der Waals surface area (Å²) in [5.74, 6) is -0.200. The van der Waals surface area contributed by atoms with Crippen molar-refractivity contribution in [3.63, 3.8) is 0 Å². The molecule has 5 unspecified atom stereocenters. The molecule has 7 heteroatoms. The summed E-state index contributed by atoms with van der Waals surface area (Å²) in [7, 11) is 0. The van der Waals surface area contributed by atoms with E-state index in [0.29, 0.717) is 13.1 Å². The molecule has 1 heterocycles. The molecule has 1 fully saturated rings. The van der Waals surface area contributed by atoms with Gasteiger partial charge in [0.2, 0.25) is 5.91 Å². The van der Waals surface area contributed by atoms with Crippen LogP contribution in [0.2, 0.25) is 0 Å². The molecule has 0 radical (unpaired) electrons. The van der Waals surface area contributed by atoms with Gasteiger partial charge in [-0.05, 0) is 13.8 Å². The number of carbonyl (C=O) groups is 1. The number of hydrogen-bond donors (Lipinski definition) is 4. The summed E-state index contributed by atoms with van der Waals surface area (Å²) in [6.07, 6.45) is -6.16. The van der Waals surface area contributed by atoms with E-state index in [9.17, 15) is 20.1 Å². The zero-order valence-electron chi connectivity index (χ0n) is 11.3. The first-order chi connectivity index (χ1) is 8.96. The highest BCUT2D eigenvalue weighted by molar-refractivity contribution is 5.76. The van der Waals surface area contributed by atoms with E-state index >= 15 is 0 Å². The van der Waals surface area contributed by atoms with Crippen molar-refractivity contribution in [2.75, 3.05) is 19.7 Å². The molecule has 0 bridgehead atoms. The lowest BCUT2D eigenvalue weighted by Crippen LogP contribution is -2.59. The molecule has 1 amide bonds. The van der Waals surface area contributed by atoms with Crippen LogP contribution in [0.4, 0.5) is 0 Å². The zero-order valence-corrected chi connectivity index (χ0v) is 11.3. The summed E-state index contributed by atoms with van der Waals surface area (Å²) < 4.78 is 5.28. The summed E-state index contributed by atoms with van der Waals surface area (Å²) >= 11 is 0. The predicted octanol–water partition coefficient (Wildman–Crippen LogP) is -1.91. The molecule has 112 valence electrons. The molecule has 1 aliphatic rings. The van der Waals surface area contributed by atoms with Crippen molar-refractivity contribution in [3.05, 3.63) is 0 Å². The molecule has 1 rings (SSSR count). The van der Waals surface area contributed by atoms with E-state index in [4.69, 9.17) is 9.84 Å². The molecule has 1 saturated heterocycles. The maximum Gasteiger partial charge on any atom is 0.225 e. The lowest BCUT2D eigenvalue weighted by molar-refractivity contribution is -0.230. The number of hydrogen-bond acceptors (Lipinski definition) is 6. The van der Waals surface area contributed by atoms with E-state index in [-0.39, 0.29) is 12.3 Å². The molecular weight excluding hydrogens is 254 g/mol. The standard InChI is InChI=1S/C12H23NO6/c1-3-13(4-2)9(15)5-7-10(16)12(18)11(17)8(6-14)19-7/h7-8,10-12,14,16-18H,3-6H2,1-2H3. The second-order valence-electron chi connectivity index (χ2n) is 4.64. The Balaban J connectivity index is 2.69. The van der Waals surface area contributed by atoms with E-state index in [1.807, 2.05) is 13.8 Å². The monoisotopic (exact) mass is 277 g/mol. The number of rotatable bonds is 5. The smallest absolute Gasteiger partial charge is 0.225 e. The molecule has 7 nitrogen and oxygen atoms in total. The average Bonchev–Trinajstić information content (AvgIpc) is 2.40. The lowest BCUT2D eigenvalue weighted by Gasteiger charge is -2.40. The van der Waals surface area contributed by atoms with E-state index in [0.717, 1.165) is 0 Å². The SMILES string of the molecule is CCN(CC)C(=O)CC1OC(CO)C(O)C(O)C1O. The topological polar surface area (TPSA) is 110 Å². The Morgan fingerprint density at radius 1 is 1.05 bits per heavy atom. The highest BCUT2D eigenvalue weighted by Gasteiger charge is 2.44. The second-order valence-corrected chi connectivity index (χ2v) is 4.64. The van der Waals surface area contributed by atoms with Gasteiger partial charge in [0.1, 0.15) is 24.4 Å². The van der Waals surface area contributed by atoms with Crippen molar-refractivity contribution in [1.82, 2.24) is 4.90 Å². The van der Waals surface area contributed by atoms with Gasteiger partial charge in [0.05, 0.1) is 19.1 Å². The van der Waals surface area contributed by atoms with Crippen molar-refractivity contribution in [3.8, 4) is 0 Å². The fraction of sp³-hybridized carbons (Fsp3) is 0.917. The van der Waals surface area contributed by atoms with Crippen molar-refractivity contribution in [2.24, 2.45) is 0 Å². The van der Waals surface area contributed by atoms with Crippen LogP contribution in [-0.2, 0) is 9.53 Å². The number of aliphatic hydroxyl groups is 4. The molecule has 19 heavy (non-hydrogen) atoms. The highest BCUT2D eigenvalue weighted by Crippen LogP contribution is 2.23. The van der Waals surface area contributed by atoms with Crippen LogP contribution in [0, 0.1) is 0 Å². The van der Waals surface area contributed by atoms with Crippen LogP contribution in [0.15, 0.2) is 0 Å². The number of amides is 1. The third kappa shape index (κ3) is 3.64. The van der Waals surface area contributed by atoms with Gasteiger partial charge in [-0.25, -0.2) is 0 Å². The van der Waals surface area contributed by atoms with Gasteiger partial charge < -0.3 is 30.1 Å². The van der Waals surface area contributed by atoms with Crippen LogP contribution in [0.3, 0.4) is 0 Å². The molecule has 0 aromatic carbocycles. The fourth-order valence-corrected chi connectivity index (χ4v) is 2.22. The van der Waals surface area contributed by atoms with Crippen LogP contribution in [-0.4, -0.2) is 81.4 Å². The van der Waals surface area contributed by atoms with Crippen LogP contribution < -0.4 is 0 Å². The molecule has 0 spiro atoms. The Labute approximate surface area is 112 Å². The van der Waals surface area contributed by atoms with Gasteiger partial charge in [-0.2, -0.15) is 0 Å². The van der Waals surface area contributed by atoms with E-state index in [2.05, 4.69) is 0 Å². The minimum absolute atomic E-state index is 0.0941. The molecule has 0 aliphatic carbocycles. The summed E-state index contributed by atoms with van der Waals surface area (Å²) in [6, 6.07) is 0. The zero-order chi connectivity index (χ0) is 14.6. The van der Waals surface area contributed by atoms with Gasteiger partial charge in [0.25, 0.3) is 0 Å². The minimum atomic E-state index is -1.43. The first-order valence-corrected chi connectivity index (χ1v) is 6.54. The molecule has 0 aromatic heterocycles. The fourth-order valence-electron chi connectivity index (χ4n) is 2.22. The highest BCUT2D eigenvalue weighted by atomic mass is 16.5. The van der Waals surface area contributed by atoms with Crippen molar-refractivity contribution in [1.29, 1.82) is 0 Å². The van der Waals surface area contributed by atoms with E-state index < -0.39 is 37.1 Å². The van der Waals surface area contributed by atoms with Gasteiger partial charge in [-0.15, -0.1) is 0 Å². The number of nitrogens with zero attached hydrogens (tertiary/aromatic N) is 1. The summed E-state index contributed by atoms with van der Waals surface area (Å²) in [5, 5.41) is 38.1. The summed E-state index contributed by atoms with van der Waals surface area (Å²) in [5.41, 5.74) is 0. The van der Waals surface area contributed by atoms with Crippen LogP contribution in [0.1, 0.15) is 20.3 Å². The number of carbonyl (C=O) groups excluding carboxylic acids is 1. The number of ether oxygens (including phenoxy) is 1. The Kier molecular flexibility index (Phi) is 6.15. The van der Waals surface area contributed by atoms with Crippen molar-refractivity contribution >= 4 is 5.91 Å². The summed E-state index contributed by atoms with van der Waals surface area (Å²) in [6.45, 7) is 4.30. The summed E-state index contributed by atoms with van der Waals surface area (Å²) in [4.78, 5) is 13.5. The van der Waals surface area contributed by atoms with Crippen LogP contribution in [0.5, 0.6) is 0 Å². The first kappa shape index (κ1) is 16.3. The minimum Gasteiger partial charge on any atom is -0.394 e. The normalized spacial score (nSPS) is 35.2. The average molecular weight is 277 g/mol. The van der Waals surface area contributed by atoms with Crippen LogP contribution in [0.25, 0.3) is 0 Å². The Hall–Kier alpha value is -0.730. The quantitative estimate of drug-likeness (QED) is 0.466. The first-order valence-electron chi connectivity index (χ1n) is 6.54. The Morgan fingerprint density at radius 3 is 2.05 bits per heavy atom. The second kappa shape index (κ2) is 7.16.